The molecule has 0 spiro atoms. The number of hydrogen-bond acceptors (Lipinski definition) is 3. The number of anilines is 1. The Morgan fingerprint density at radius 1 is 1.35 bits per heavy atom. The fourth-order valence-corrected chi connectivity index (χ4v) is 2.62. The van der Waals surface area contributed by atoms with E-state index in [0.717, 1.165) is 19.3 Å². The highest BCUT2D eigenvalue weighted by atomic mass is 35.5. The van der Waals surface area contributed by atoms with Gasteiger partial charge in [0.1, 0.15) is 0 Å². The van der Waals surface area contributed by atoms with Crippen molar-refractivity contribution in [1.29, 1.82) is 5.26 Å². The molecule has 1 aromatic carbocycles. The Hall–Kier alpha value is -1.77. The minimum atomic E-state index is -1.14. The number of nitrogens with zero attached hydrogens (tertiary/aromatic N) is 2. The zero-order chi connectivity index (χ0) is 14.6. The Morgan fingerprint density at radius 3 is 2.60 bits per heavy atom. The van der Waals surface area contributed by atoms with Crippen LogP contribution in [0.3, 0.4) is 0 Å². The Balaban J connectivity index is 2.12. The standard InChI is InChI=1S/C14H16ClN3O2/c15-11-6-2-3-7-12(11)17-13(19)18(20)14(10-16)8-4-1-5-9-14/h2-3,6-7,20H,1,4-5,8-9H2,(H,17,19). The number of carbonyl (C=O) groups excluding carboxylic acids is 1. The number of para-hydroxylation sites is 1. The molecule has 0 aliphatic heterocycles. The Labute approximate surface area is 122 Å². The van der Waals surface area contributed by atoms with Gasteiger partial charge in [-0.15, -0.1) is 0 Å². The third-order valence-corrected chi connectivity index (χ3v) is 3.93. The molecule has 6 heteroatoms. The summed E-state index contributed by atoms with van der Waals surface area (Å²) in [5, 5.41) is 22.8. The molecule has 20 heavy (non-hydrogen) atoms. The van der Waals surface area contributed by atoms with Crippen LogP contribution in [0.15, 0.2) is 24.3 Å². The molecule has 1 saturated carbocycles. The second-order valence-electron chi connectivity index (χ2n) is 4.93. The van der Waals surface area contributed by atoms with Crippen LogP contribution in [0.4, 0.5) is 10.5 Å². The van der Waals surface area contributed by atoms with Crippen molar-refractivity contribution in [2.24, 2.45) is 0 Å². The van der Waals surface area contributed by atoms with E-state index < -0.39 is 11.6 Å². The smallest absolute Gasteiger partial charge is 0.305 e. The SMILES string of the molecule is N#CC1(N(O)C(=O)Nc2ccccc2Cl)CCCCC1. The maximum Gasteiger partial charge on any atom is 0.347 e. The molecule has 106 valence electrons. The van der Waals surface area contributed by atoms with Crippen molar-refractivity contribution in [1.82, 2.24) is 5.06 Å². The van der Waals surface area contributed by atoms with Crippen LogP contribution < -0.4 is 5.32 Å². The predicted molar refractivity (Wildman–Crippen MR) is 75.5 cm³/mol. The average molecular weight is 294 g/mol. The molecule has 0 radical (unpaired) electrons. The highest BCUT2D eigenvalue weighted by Gasteiger charge is 2.41. The van der Waals surface area contributed by atoms with E-state index in [1.54, 1.807) is 24.3 Å². The van der Waals surface area contributed by atoms with Crippen molar-refractivity contribution >= 4 is 23.3 Å². The van der Waals surface area contributed by atoms with Crippen molar-refractivity contribution in [2.75, 3.05) is 5.32 Å². The molecule has 0 bridgehead atoms. The van der Waals surface area contributed by atoms with Crippen molar-refractivity contribution in [2.45, 2.75) is 37.6 Å². The Morgan fingerprint density at radius 2 is 2.00 bits per heavy atom. The summed E-state index contributed by atoms with van der Waals surface area (Å²) in [6.45, 7) is 0. The normalized spacial score (nSPS) is 17.1. The van der Waals surface area contributed by atoms with Crippen LogP contribution in [-0.4, -0.2) is 21.8 Å². The number of urea groups is 1. The van der Waals surface area contributed by atoms with Crippen LogP contribution in [0.2, 0.25) is 5.02 Å². The summed E-state index contributed by atoms with van der Waals surface area (Å²) in [6.07, 6.45) is 3.63. The number of nitrogens with one attached hydrogen (secondary N) is 1. The van der Waals surface area contributed by atoms with Gasteiger partial charge in [0, 0.05) is 0 Å². The van der Waals surface area contributed by atoms with Gasteiger partial charge in [0.25, 0.3) is 0 Å². The maximum atomic E-state index is 12.1. The minimum absolute atomic E-state index is 0.379. The predicted octanol–water partition coefficient (Wildman–Crippen LogP) is 3.79. The number of carbonyl (C=O) groups is 1. The summed E-state index contributed by atoms with van der Waals surface area (Å²) < 4.78 is 0. The highest BCUT2D eigenvalue weighted by molar-refractivity contribution is 6.33. The number of halogens is 1. The third kappa shape index (κ3) is 2.87. The first kappa shape index (κ1) is 14.6. The highest BCUT2D eigenvalue weighted by Crippen LogP contribution is 2.33. The first-order valence-corrected chi connectivity index (χ1v) is 6.93. The molecule has 0 heterocycles. The zero-order valence-electron chi connectivity index (χ0n) is 11.0. The van der Waals surface area contributed by atoms with Crippen LogP contribution in [0.5, 0.6) is 0 Å². The fourth-order valence-electron chi connectivity index (χ4n) is 2.43. The van der Waals surface area contributed by atoms with Gasteiger partial charge in [-0.25, -0.2) is 4.79 Å². The fraction of sp³-hybridized carbons (Fsp3) is 0.429. The molecule has 1 aromatic rings. The molecule has 2 rings (SSSR count). The Bertz CT molecular complexity index is 535. The molecule has 0 aromatic heterocycles. The lowest BCUT2D eigenvalue weighted by atomic mass is 9.82. The first-order chi connectivity index (χ1) is 9.59. The van der Waals surface area contributed by atoms with Gasteiger partial charge in [0.2, 0.25) is 0 Å². The summed E-state index contributed by atoms with van der Waals surface area (Å²) in [5.41, 5.74) is -0.731. The van der Waals surface area contributed by atoms with E-state index in [1.165, 1.54) is 0 Å². The zero-order valence-corrected chi connectivity index (χ0v) is 11.7. The van der Waals surface area contributed by atoms with Gasteiger partial charge in [0.05, 0.1) is 16.8 Å². The first-order valence-electron chi connectivity index (χ1n) is 6.55. The van der Waals surface area contributed by atoms with E-state index in [1.807, 2.05) is 0 Å². The largest absolute Gasteiger partial charge is 0.347 e. The molecule has 2 amide bonds. The maximum absolute atomic E-state index is 12.1. The molecule has 1 fully saturated rings. The van der Waals surface area contributed by atoms with Crippen LogP contribution in [-0.2, 0) is 0 Å². The monoisotopic (exact) mass is 293 g/mol. The molecule has 0 unspecified atom stereocenters. The van der Waals surface area contributed by atoms with Gasteiger partial charge in [-0.3, -0.25) is 5.21 Å². The van der Waals surface area contributed by atoms with E-state index in [4.69, 9.17) is 11.6 Å². The molecular formula is C14H16ClN3O2. The van der Waals surface area contributed by atoms with Gasteiger partial charge in [-0.2, -0.15) is 10.3 Å². The number of nitriles is 1. The van der Waals surface area contributed by atoms with Crippen LogP contribution in [0.25, 0.3) is 0 Å². The van der Waals surface area contributed by atoms with Crippen molar-refractivity contribution < 1.29 is 10.0 Å². The number of rotatable bonds is 2. The number of hydroxylamine groups is 2. The number of benzene rings is 1. The lowest BCUT2D eigenvalue weighted by Gasteiger charge is -2.36. The third-order valence-electron chi connectivity index (χ3n) is 3.60. The lowest BCUT2D eigenvalue weighted by molar-refractivity contribution is -0.112. The van der Waals surface area contributed by atoms with Gasteiger partial charge in [0.15, 0.2) is 5.54 Å². The van der Waals surface area contributed by atoms with Crippen molar-refractivity contribution in [3.05, 3.63) is 29.3 Å². The summed E-state index contributed by atoms with van der Waals surface area (Å²) in [7, 11) is 0. The van der Waals surface area contributed by atoms with Crippen LogP contribution in [0.1, 0.15) is 32.1 Å². The Kier molecular flexibility index (Phi) is 4.48. The van der Waals surface area contributed by atoms with Crippen molar-refractivity contribution in [3.63, 3.8) is 0 Å². The van der Waals surface area contributed by atoms with Gasteiger partial charge < -0.3 is 5.32 Å². The van der Waals surface area contributed by atoms with Crippen LogP contribution >= 0.6 is 11.6 Å². The molecule has 0 atom stereocenters. The number of amides is 2. The molecule has 1 aliphatic carbocycles. The summed E-state index contributed by atoms with van der Waals surface area (Å²) >= 11 is 5.95. The molecule has 0 saturated heterocycles. The van der Waals surface area contributed by atoms with E-state index in [0.29, 0.717) is 28.6 Å². The van der Waals surface area contributed by atoms with Gasteiger partial charge >= 0.3 is 6.03 Å². The van der Waals surface area contributed by atoms with Crippen LogP contribution in [0, 0.1) is 11.3 Å². The van der Waals surface area contributed by atoms with E-state index in [2.05, 4.69) is 11.4 Å². The van der Waals surface area contributed by atoms with Gasteiger partial charge in [-0.05, 0) is 37.8 Å². The second kappa shape index (κ2) is 6.12. The summed E-state index contributed by atoms with van der Waals surface area (Å²) in [5.74, 6) is 0. The molecule has 2 N–H and O–H groups in total. The average Bonchev–Trinajstić information content (AvgIpc) is 2.49. The lowest BCUT2D eigenvalue weighted by Crippen LogP contribution is -2.51. The quantitative estimate of drug-likeness (QED) is 0.643. The topological polar surface area (TPSA) is 76.4 Å². The summed E-state index contributed by atoms with van der Waals surface area (Å²) in [6, 6.07) is 8.09. The van der Waals surface area contributed by atoms with E-state index in [-0.39, 0.29) is 0 Å². The second-order valence-corrected chi connectivity index (χ2v) is 5.33. The van der Waals surface area contributed by atoms with Gasteiger partial charge in [-0.1, -0.05) is 30.2 Å². The summed E-state index contributed by atoms with van der Waals surface area (Å²) in [4.78, 5) is 12.1. The molecule has 5 nitrogen and oxygen atoms in total. The van der Waals surface area contributed by atoms with E-state index >= 15 is 0 Å². The number of hydrogen-bond donors (Lipinski definition) is 2. The molecule has 1 aliphatic rings. The van der Waals surface area contributed by atoms with Crippen molar-refractivity contribution in [3.8, 4) is 6.07 Å². The molecular weight excluding hydrogens is 278 g/mol. The minimum Gasteiger partial charge on any atom is -0.305 e. The van der Waals surface area contributed by atoms with E-state index in [9.17, 15) is 15.3 Å².